The number of carbonyl (C=O) groups excluding carboxylic acids is 1. The minimum atomic E-state index is -3.97. The van der Waals surface area contributed by atoms with Crippen molar-refractivity contribution in [3.8, 4) is 11.1 Å². The van der Waals surface area contributed by atoms with E-state index in [2.05, 4.69) is 9.44 Å². The van der Waals surface area contributed by atoms with Gasteiger partial charge in [-0.2, -0.15) is 0 Å². The van der Waals surface area contributed by atoms with E-state index in [4.69, 9.17) is 0 Å². The molecule has 5 rings (SSSR count). The highest BCUT2D eigenvalue weighted by atomic mass is 32.2. The number of hydrogen-bond acceptors (Lipinski definition) is 5. The molecule has 0 unspecified atom stereocenters. The first-order valence-electron chi connectivity index (χ1n) is 11.9. The second-order valence-electron chi connectivity index (χ2n) is 9.45. The minimum absolute atomic E-state index is 0.0530. The van der Waals surface area contributed by atoms with Gasteiger partial charge in [-0.15, -0.1) is 0 Å². The van der Waals surface area contributed by atoms with Crippen LogP contribution in [0.2, 0.25) is 0 Å². The fourth-order valence-electron chi connectivity index (χ4n) is 4.50. The van der Waals surface area contributed by atoms with Crippen molar-refractivity contribution in [2.24, 2.45) is 0 Å². The maximum atomic E-state index is 13.3. The largest absolute Gasteiger partial charge is 0.289 e. The van der Waals surface area contributed by atoms with Crippen LogP contribution in [0.4, 0.5) is 11.4 Å². The Morgan fingerprint density at radius 2 is 0.921 bits per heavy atom. The van der Waals surface area contributed by atoms with E-state index >= 15 is 0 Å². The summed E-state index contributed by atoms with van der Waals surface area (Å²) in [5, 5.41) is 0. The summed E-state index contributed by atoms with van der Waals surface area (Å²) in [6.45, 7) is 7.45. The molecule has 7 nitrogen and oxygen atoms in total. The van der Waals surface area contributed by atoms with Crippen molar-refractivity contribution in [3.63, 3.8) is 0 Å². The van der Waals surface area contributed by atoms with Crippen LogP contribution in [0.1, 0.15) is 38.2 Å². The van der Waals surface area contributed by atoms with Crippen LogP contribution in [0, 0.1) is 27.7 Å². The maximum absolute atomic E-state index is 13.3. The Balaban J connectivity index is 1.47. The SMILES string of the molecule is Cc1cccc(NS(=O)(=O)c2ccc3c(c2)C(=O)c2cc(S(=O)(=O)Nc4cccc(C)c4C)ccc2-3)c1C. The number of nitrogens with one attached hydrogen (secondary N) is 2. The van der Waals surface area contributed by atoms with E-state index in [1.165, 1.54) is 24.3 Å². The average molecular weight is 547 g/mol. The maximum Gasteiger partial charge on any atom is 0.261 e. The van der Waals surface area contributed by atoms with Gasteiger partial charge in [-0.1, -0.05) is 36.4 Å². The van der Waals surface area contributed by atoms with Crippen LogP contribution < -0.4 is 9.44 Å². The fraction of sp³-hybridized carbons (Fsp3) is 0.138. The van der Waals surface area contributed by atoms with Crippen LogP contribution in [0.15, 0.2) is 82.6 Å². The highest BCUT2D eigenvalue weighted by Crippen LogP contribution is 2.39. The molecule has 4 aromatic rings. The number of anilines is 2. The number of aryl methyl sites for hydroxylation is 2. The molecule has 0 radical (unpaired) electrons. The third kappa shape index (κ3) is 4.37. The van der Waals surface area contributed by atoms with Crippen LogP contribution in [-0.4, -0.2) is 22.6 Å². The monoisotopic (exact) mass is 546 g/mol. The summed E-state index contributed by atoms with van der Waals surface area (Å²) >= 11 is 0. The molecule has 0 atom stereocenters. The summed E-state index contributed by atoms with van der Waals surface area (Å²) < 4.78 is 57.8. The van der Waals surface area contributed by atoms with Gasteiger partial charge in [-0.3, -0.25) is 14.2 Å². The van der Waals surface area contributed by atoms with E-state index < -0.39 is 25.8 Å². The summed E-state index contributed by atoms with van der Waals surface area (Å²) in [7, 11) is -7.93. The highest BCUT2D eigenvalue weighted by Gasteiger charge is 2.30. The van der Waals surface area contributed by atoms with Gasteiger partial charge in [0.2, 0.25) is 0 Å². The van der Waals surface area contributed by atoms with Gasteiger partial charge in [-0.05, 0) is 97.5 Å². The zero-order valence-electron chi connectivity index (χ0n) is 21.3. The van der Waals surface area contributed by atoms with Crippen molar-refractivity contribution in [2.45, 2.75) is 37.5 Å². The molecular weight excluding hydrogens is 520 g/mol. The molecular formula is C29H26N2O5S2. The molecule has 1 aliphatic rings. The quantitative estimate of drug-likeness (QED) is 0.283. The van der Waals surface area contributed by atoms with Gasteiger partial charge in [0.15, 0.2) is 5.78 Å². The molecule has 1 aliphatic carbocycles. The summed E-state index contributed by atoms with van der Waals surface area (Å²) in [4.78, 5) is 13.2. The van der Waals surface area contributed by atoms with Crippen LogP contribution in [0.5, 0.6) is 0 Å². The fourth-order valence-corrected chi connectivity index (χ4v) is 6.80. The molecule has 4 aromatic carbocycles. The number of fused-ring (bicyclic) bond motifs is 3. The van der Waals surface area contributed by atoms with E-state index in [9.17, 15) is 21.6 Å². The standard InChI is InChI=1S/C29H26N2O5S2/c1-17-7-5-9-27(19(17)3)30-37(33,34)21-11-13-23-24-14-12-22(16-26(24)29(32)25(23)15-21)38(35,36)31-28-10-6-8-18(2)20(28)4/h5-16,30-31H,1-4H3. The molecule has 0 fully saturated rings. The predicted molar refractivity (Wildman–Crippen MR) is 149 cm³/mol. The number of ketones is 1. The third-order valence-corrected chi connectivity index (χ3v) is 9.81. The van der Waals surface area contributed by atoms with E-state index in [1.807, 2.05) is 39.8 Å². The average Bonchev–Trinajstić information content (AvgIpc) is 3.15. The first kappa shape index (κ1) is 25.7. The van der Waals surface area contributed by atoms with E-state index in [0.29, 0.717) is 22.5 Å². The Labute approximate surface area is 222 Å². The molecule has 2 N–H and O–H groups in total. The topological polar surface area (TPSA) is 109 Å². The third-order valence-electron chi connectivity index (χ3n) is 7.08. The lowest BCUT2D eigenvalue weighted by molar-refractivity contribution is 0.104. The zero-order chi connectivity index (χ0) is 27.4. The summed E-state index contributed by atoms with van der Waals surface area (Å²) in [6.07, 6.45) is 0. The predicted octanol–water partition coefficient (Wildman–Crippen LogP) is 5.73. The van der Waals surface area contributed by atoms with E-state index in [0.717, 1.165) is 22.3 Å². The van der Waals surface area contributed by atoms with Gasteiger partial charge in [0.05, 0.1) is 21.2 Å². The summed E-state index contributed by atoms with van der Waals surface area (Å²) in [5.41, 5.74) is 5.97. The zero-order valence-corrected chi connectivity index (χ0v) is 22.9. The first-order chi connectivity index (χ1) is 17.9. The molecule has 194 valence electrons. The van der Waals surface area contributed by atoms with Gasteiger partial charge >= 0.3 is 0 Å². The van der Waals surface area contributed by atoms with Gasteiger partial charge in [0, 0.05) is 11.1 Å². The number of carbonyl (C=O) groups is 1. The van der Waals surface area contributed by atoms with Crippen LogP contribution in [-0.2, 0) is 20.0 Å². The molecule has 0 saturated heterocycles. The second-order valence-corrected chi connectivity index (χ2v) is 12.8. The van der Waals surface area contributed by atoms with Gasteiger partial charge in [-0.25, -0.2) is 16.8 Å². The van der Waals surface area contributed by atoms with Crippen LogP contribution >= 0.6 is 0 Å². The molecule has 0 spiro atoms. The Hall–Kier alpha value is -3.95. The first-order valence-corrected chi connectivity index (χ1v) is 14.9. The lowest BCUT2D eigenvalue weighted by Crippen LogP contribution is -2.15. The van der Waals surface area contributed by atoms with Crippen LogP contribution in [0.3, 0.4) is 0 Å². The number of benzene rings is 4. The van der Waals surface area contributed by atoms with Crippen LogP contribution in [0.25, 0.3) is 11.1 Å². The van der Waals surface area contributed by atoms with E-state index in [-0.39, 0.29) is 20.9 Å². The Kier molecular flexibility index (Phi) is 6.16. The van der Waals surface area contributed by atoms with E-state index in [1.54, 1.807) is 36.4 Å². The summed E-state index contributed by atoms with van der Waals surface area (Å²) in [6, 6.07) is 19.4. The highest BCUT2D eigenvalue weighted by molar-refractivity contribution is 7.93. The normalized spacial score (nSPS) is 12.7. The Bertz CT molecular complexity index is 1730. The minimum Gasteiger partial charge on any atom is -0.289 e. The van der Waals surface area contributed by atoms with Crippen molar-refractivity contribution in [1.82, 2.24) is 0 Å². The summed E-state index contributed by atoms with van der Waals surface area (Å²) in [5.74, 6) is -0.428. The molecule has 38 heavy (non-hydrogen) atoms. The molecule has 0 bridgehead atoms. The molecule has 0 aliphatic heterocycles. The molecule has 9 heteroatoms. The molecule has 0 aromatic heterocycles. The molecule has 0 saturated carbocycles. The second kappa shape index (κ2) is 9.11. The van der Waals surface area contributed by atoms with Crippen molar-refractivity contribution in [1.29, 1.82) is 0 Å². The smallest absolute Gasteiger partial charge is 0.261 e. The van der Waals surface area contributed by atoms with Crippen molar-refractivity contribution in [3.05, 3.63) is 106 Å². The number of sulfonamides is 2. The van der Waals surface area contributed by atoms with Crippen molar-refractivity contribution < 1.29 is 21.6 Å². The molecule has 0 heterocycles. The Morgan fingerprint density at radius 1 is 0.526 bits per heavy atom. The molecule has 0 amide bonds. The van der Waals surface area contributed by atoms with Crippen molar-refractivity contribution >= 4 is 37.2 Å². The van der Waals surface area contributed by atoms with Gasteiger partial charge in [0.25, 0.3) is 20.0 Å². The lowest BCUT2D eigenvalue weighted by Gasteiger charge is -2.13. The van der Waals surface area contributed by atoms with Gasteiger partial charge in [0.1, 0.15) is 0 Å². The number of rotatable bonds is 6. The van der Waals surface area contributed by atoms with Gasteiger partial charge < -0.3 is 0 Å². The van der Waals surface area contributed by atoms with Crippen molar-refractivity contribution in [2.75, 3.05) is 9.44 Å². The number of hydrogen-bond donors (Lipinski definition) is 2. The Morgan fingerprint density at radius 3 is 1.32 bits per heavy atom. The lowest BCUT2D eigenvalue weighted by atomic mass is 10.1.